The van der Waals surface area contributed by atoms with Gasteiger partial charge in [0.1, 0.15) is 0 Å². The molecule has 1 aliphatic carbocycles. The Morgan fingerprint density at radius 1 is 1.38 bits per heavy atom. The lowest BCUT2D eigenvalue weighted by Gasteiger charge is -2.22. The fourth-order valence-electron chi connectivity index (χ4n) is 1.95. The topological polar surface area (TPSA) is 61.4 Å². The molecule has 2 amide bonds. The third kappa shape index (κ3) is 4.66. The molecule has 0 heterocycles. The van der Waals surface area contributed by atoms with Crippen LogP contribution in [-0.4, -0.2) is 29.8 Å². The number of aliphatic hydroxyl groups is 1. The molecular formula is C12H22N2O2. The molecule has 0 aromatic heterocycles. The van der Waals surface area contributed by atoms with Crippen LogP contribution in [-0.2, 0) is 0 Å². The Morgan fingerprint density at radius 3 is 2.69 bits per heavy atom. The highest BCUT2D eigenvalue weighted by atomic mass is 16.3. The van der Waals surface area contributed by atoms with E-state index in [2.05, 4.69) is 10.6 Å². The minimum Gasteiger partial charge on any atom is -0.388 e. The highest BCUT2D eigenvalue weighted by molar-refractivity contribution is 5.73. The van der Waals surface area contributed by atoms with Crippen LogP contribution < -0.4 is 10.6 Å². The maximum Gasteiger partial charge on any atom is 0.314 e. The van der Waals surface area contributed by atoms with Gasteiger partial charge in [-0.15, -0.1) is 0 Å². The van der Waals surface area contributed by atoms with Crippen molar-refractivity contribution >= 4 is 6.03 Å². The van der Waals surface area contributed by atoms with Crippen molar-refractivity contribution in [3.8, 4) is 0 Å². The summed E-state index contributed by atoms with van der Waals surface area (Å²) in [7, 11) is 0. The summed E-state index contributed by atoms with van der Waals surface area (Å²) in [5.74, 6) is 0. The Balaban J connectivity index is 2.10. The first-order valence-corrected chi connectivity index (χ1v) is 6.01. The molecule has 0 aromatic carbocycles. The number of carbonyl (C=O) groups excluding carboxylic acids is 1. The summed E-state index contributed by atoms with van der Waals surface area (Å²) < 4.78 is 0. The van der Waals surface area contributed by atoms with Crippen LogP contribution in [0, 0.1) is 0 Å². The van der Waals surface area contributed by atoms with Crippen molar-refractivity contribution in [2.45, 2.75) is 44.6 Å². The number of urea groups is 1. The van der Waals surface area contributed by atoms with Gasteiger partial charge in [-0.1, -0.05) is 25.0 Å². The van der Waals surface area contributed by atoms with Gasteiger partial charge in [-0.05, 0) is 26.2 Å². The molecule has 0 radical (unpaired) electrons. The quantitative estimate of drug-likeness (QED) is 0.492. The molecule has 1 fully saturated rings. The molecule has 0 bridgehead atoms. The van der Waals surface area contributed by atoms with Crippen LogP contribution in [0.1, 0.15) is 39.0 Å². The number of nitrogens with one attached hydrogen (secondary N) is 2. The molecule has 0 unspecified atom stereocenters. The summed E-state index contributed by atoms with van der Waals surface area (Å²) in [6.45, 7) is 2.95. The van der Waals surface area contributed by atoms with Crippen molar-refractivity contribution < 1.29 is 9.90 Å². The monoisotopic (exact) mass is 226 g/mol. The molecule has 92 valence electrons. The molecule has 4 nitrogen and oxygen atoms in total. The van der Waals surface area contributed by atoms with Crippen molar-refractivity contribution in [2.75, 3.05) is 13.1 Å². The zero-order valence-electron chi connectivity index (χ0n) is 9.96. The van der Waals surface area contributed by atoms with Gasteiger partial charge in [0.2, 0.25) is 0 Å². The van der Waals surface area contributed by atoms with Crippen LogP contribution >= 0.6 is 0 Å². The van der Waals surface area contributed by atoms with Crippen molar-refractivity contribution in [1.82, 2.24) is 10.6 Å². The molecule has 4 heteroatoms. The number of rotatable bonds is 5. The molecule has 0 saturated heterocycles. The van der Waals surface area contributed by atoms with Gasteiger partial charge in [-0.3, -0.25) is 0 Å². The molecule has 1 aliphatic rings. The summed E-state index contributed by atoms with van der Waals surface area (Å²) in [4.78, 5) is 11.3. The van der Waals surface area contributed by atoms with E-state index in [0.29, 0.717) is 13.1 Å². The zero-order valence-corrected chi connectivity index (χ0v) is 9.96. The van der Waals surface area contributed by atoms with Crippen LogP contribution in [0.4, 0.5) is 4.79 Å². The molecule has 0 aromatic rings. The Bertz CT molecular complexity index is 245. The molecule has 1 saturated carbocycles. The molecule has 3 N–H and O–H groups in total. The fraction of sp³-hybridized carbons (Fsp3) is 0.750. The van der Waals surface area contributed by atoms with Gasteiger partial charge >= 0.3 is 6.03 Å². The Labute approximate surface area is 97.1 Å². The lowest BCUT2D eigenvalue weighted by Crippen LogP contribution is -2.45. The molecule has 0 aliphatic heterocycles. The lowest BCUT2D eigenvalue weighted by atomic mass is 10.0. The van der Waals surface area contributed by atoms with E-state index in [1.807, 2.05) is 19.1 Å². The number of carbonyl (C=O) groups is 1. The lowest BCUT2D eigenvalue weighted by molar-refractivity contribution is 0.0501. The largest absolute Gasteiger partial charge is 0.388 e. The normalized spacial score (nSPS) is 18.9. The highest BCUT2D eigenvalue weighted by Crippen LogP contribution is 2.28. The third-order valence-electron chi connectivity index (χ3n) is 2.94. The van der Waals surface area contributed by atoms with Crippen molar-refractivity contribution in [3.05, 3.63) is 12.2 Å². The van der Waals surface area contributed by atoms with E-state index >= 15 is 0 Å². The second-order valence-corrected chi connectivity index (χ2v) is 4.40. The third-order valence-corrected chi connectivity index (χ3v) is 2.94. The van der Waals surface area contributed by atoms with E-state index < -0.39 is 5.60 Å². The SMILES string of the molecule is C/C=C/CCNC(=O)NCC1(O)CCCC1. The molecule has 0 atom stereocenters. The van der Waals surface area contributed by atoms with Crippen LogP contribution in [0.15, 0.2) is 12.2 Å². The zero-order chi connectivity index (χ0) is 11.9. The van der Waals surface area contributed by atoms with Crippen LogP contribution in [0.2, 0.25) is 0 Å². The minimum atomic E-state index is -0.666. The van der Waals surface area contributed by atoms with E-state index in [9.17, 15) is 9.90 Å². The predicted molar refractivity (Wildman–Crippen MR) is 64.3 cm³/mol. The second kappa shape index (κ2) is 6.53. The smallest absolute Gasteiger partial charge is 0.314 e. The first kappa shape index (κ1) is 13.0. The van der Waals surface area contributed by atoms with E-state index in [0.717, 1.165) is 32.1 Å². The van der Waals surface area contributed by atoms with Crippen LogP contribution in [0.25, 0.3) is 0 Å². The van der Waals surface area contributed by atoms with Crippen LogP contribution in [0.5, 0.6) is 0 Å². The molecular weight excluding hydrogens is 204 g/mol. The van der Waals surface area contributed by atoms with E-state index in [1.165, 1.54) is 0 Å². The average Bonchev–Trinajstić information content (AvgIpc) is 2.70. The first-order chi connectivity index (χ1) is 7.66. The average molecular weight is 226 g/mol. The molecule has 16 heavy (non-hydrogen) atoms. The highest BCUT2D eigenvalue weighted by Gasteiger charge is 2.31. The van der Waals surface area contributed by atoms with E-state index in [-0.39, 0.29) is 6.03 Å². The summed E-state index contributed by atoms with van der Waals surface area (Å²) in [5.41, 5.74) is -0.666. The number of allylic oxidation sites excluding steroid dienone is 1. The Hall–Kier alpha value is -1.03. The number of hydrogen-bond donors (Lipinski definition) is 3. The molecule has 1 rings (SSSR count). The molecule has 0 spiro atoms. The fourth-order valence-corrected chi connectivity index (χ4v) is 1.95. The summed E-state index contributed by atoms with van der Waals surface area (Å²) in [6, 6.07) is -0.190. The summed E-state index contributed by atoms with van der Waals surface area (Å²) in [5, 5.41) is 15.5. The Morgan fingerprint density at radius 2 is 2.06 bits per heavy atom. The van der Waals surface area contributed by atoms with Crippen molar-refractivity contribution in [3.63, 3.8) is 0 Å². The Kier molecular flexibility index (Phi) is 5.32. The summed E-state index contributed by atoms with van der Waals surface area (Å²) >= 11 is 0. The van der Waals surface area contributed by atoms with Gasteiger partial charge in [0.15, 0.2) is 0 Å². The van der Waals surface area contributed by atoms with E-state index in [4.69, 9.17) is 0 Å². The minimum absolute atomic E-state index is 0.190. The van der Waals surface area contributed by atoms with Gasteiger partial charge in [-0.2, -0.15) is 0 Å². The maximum absolute atomic E-state index is 11.3. The van der Waals surface area contributed by atoms with Gasteiger partial charge < -0.3 is 15.7 Å². The van der Waals surface area contributed by atoms with Crippen molar-refractivity contribution in [2.24, 2.45) is 0 Å². The number of amides is 2. The number of hydrogen-bond acceptors (Lipinski definition) is 2. The standard InChI is InChI=1S/C12H22N2O2/c1-2-3-6-9-13-11(15)14-10-12(16)7-4-5-8-12/h2-3,16H,4-10H2,1H3,(H2,13,14,15)/b3-2+. The van der Waals surface area contributed by atoms with Gasteiger partial charge in [0.05, 0.1) is 5.60 Å². The maximum atomic E-state index is 11.3. The van der Waals surface area contributed by atoms with E-state index in [1.54, 1.807) is 0 Å². The predicted octanol–water partition coefficient (Wildman–Crippen LogP) is 1.56. The first-order valence-electron chi connectivity index (χ1n) is 6.01. The van der Waals surface area contributed by atoms with Crippen molar-refractivity contribution in [1.29, 1.82) is 0 Å². The van der Waals surface area contributed by atoms with Gasteiger partial charge in [-0.25, -0.2) is 4.79 Å². The van der Waals surface area contributed by atoms with Gasteiger partial charge in [0, 0.05) is 13.1 Å². The second-order valence-electron chi connectivity index (χ2n) is 4.40. The van der Waals surface area contributed by atoms with Gasteiger partial charge in [0.25, 0.3) is 0 Å². The van der Waals surface area contributed by atoms with Crippen LogP contribution in [0.3, 0.4) is 0 Å². The summed E-state index contributed by atoms with van der Waals surface area (Å²) in [6.07, 6.45) is 8.51.